The summed E-state index contributed by atoms with van der Waals surface area (Å²) in [5.74, 6) is -0.465. The highest BCUT2D eigenvalue weighted by molar-refractivity contribution is 9.10. The van der Waals surface area contributed by atoms with Gasteiger partial charge in [-0.1, -0.05) is 13.0 Å². The summed E-state index contributed by atoms with van der Waals surface area (Å²) in [5.41, 5.74) is 0.755. The first-order valence-electron chi connectivity index (χ1n) is 4.98. The van der Waals surface area contributed by atoms with Crippen molar-refractivity contribution in [1.82, 2.24) is 4.98 Å². The molecule has 82 valence electrons. The number of ether oxygens (including phenoxy) is 1. The van der Waals surface area contributed by atoms with E-state index >= 15 is 0 Å². The molecule has 0 fully saturated rings. The average molecular weight is 272 g/mol. The number of nitrogens with zero attached hydrogens (tertiary/aromatic N) is 1. The van der Waals surface area contributed by atoms with Crippen molar-refractivity contribution in [2.45, 2.75) is 26.2 Å². The lowest BCUT2D eigenvalue weighted by molar-refractivity contribution is -0.145. The van der Waals surface area contributed by atoms with Gasteiger partial charge in [-0.3, -0.25) is 4.79 Å². The summed E-state index contributed by atoms with van der Waals surface area (Å²) >= 11 is 3.28. The van der Waals surface area contributed by atoms with Crippen molar-refractivity contribution in [3.05, 3.63) is 28.5 Å². The molecule has 4 heteroatoms. The minimum Gasteiger partial charge on any atom is -0.465 e. The molecule has 0 radical (unpaired) electrons. The molecule has 1 heterocycles. The summed E-state index contributed by atoms with van der Waals surface area (Å²) in [7, 11) is 0. The third-order valence-corrected chi connectivity index (χ3v) is 2.51. The number of halogens is 1. The van der Waals surface area contributed by atoms with E-state index < -0.39 is 0 Å². The first-order chi connectivity index (χ1) is 7.19. The molecule has 0 aliphatic heterocycles. The van der Waals surface area contributed by atoms with E-state index in [0.717, 1.165) is 10.3 Å². The van der Waals surface area contributed by atoms with Crippen LogP contribution in [0.15, 0.2) is 22.8 Å². The summed E-state index contributed by atoms with van der Waals surface area (Å²) in [6.45, 7) is 4.16. The molecule has 1 aromatic rings. The Morgan fingerprint density at radius 2 is 2.27 bits per heavy atom. The first kappa shape index (κ1) is 12.2. The molecule has 0 aromatic carbocycles. The molecule has 1 unspecified atom stereocenters. The van der Waals surface area contributed by atoms with Crippen LogP contribution in [0.25, 0.3) is 0 Å². The maximum absolute atomic E-state index is 11.6. The standard InChI is InChI=1S/C11H14BrNO2/c1-3-8(11(14)15-4-2)9-6-5-7-10(12)13-9/h5-8H,3-4H2,1-2H3. The molecule has 0 N–H and O–H groups in total. The number of hydrogen-bond acceptors (Lipinski definition) is 3. The molecule has 1 atom stereocenters. The molecule has 0 aliphatic rings. The molecular formula is C11H14BrNO2. The highest BCUT2D eigenvalue weighted by atomic mass is 79.9. The van der Waals surface area contributed by atoms with Gasteiger partial charge in [-0.2, -0.15) is 0 Å². The molecule has 0 saturated heterocycles. The maximum atomic E-state index is 11.6. The van der Waals surface area contributed by atoms with Crippen LogP contribution >= 0.6 is 15.9 Å². The fourth-order valence-electron chi connectivity index (χ4n) is 1.36. The second-order valence-electron chi connectivity index (χ2n) is 3.10. The lowest BCUT2D eigenvalue weighted by Gasteiger charge is -2.12. The molecule has 0 spiro atoms. The van der Waals surface area contributed by atoms with Gasteiger partial charge in [0.2, 0.25) is 0 Å². The van der Waals surface area contributed by atoms with Crippen molar-refractivity contribution in [2.24, 2.45) is 0 Å². The van der Waals surface area contributed by atoms with Gasteiger partial charge in [0.1, 0.15) is 4.60 Å². The molecule has 15 heavy (non-hydrogen) atoms. The number of carbonyl (C=O) groups is 1. The summed E-state index contributed by atoms with van der Waals surface area (Å²) in [6.07, 6.45) is 0.697. The molecule has 0 aliphatic carbocycles. The van der Waals surface area contributed by atoms with E-state index in [1.165, 1.54) is 0 Å². The summed E-state index contributed by atoms with van der Waals surface area (Å²) < 4.78 is 5.73. The zero-order valence-electron chi connectivity index (χ0n) is 8.87. The van der Waals surface area contributed by atoms with Crippen molar-refractivity contribution in [2.75, 3.05) is 6.61 Å². The van der Waals surface area contributed by atoms with Gasteiger partial charge in [0.25, 0.3) is 0 Å². The minimum atomic E-state index is -0.262. The second kappa shape index (κ2) is 5.85. The lowest BCUT2D eigenvalue weighted by atomic mass is 10.0. The van der Waals surface area contributed by atoms with Gasteiger partial charge in [-0.05, 0) is 41.4 Å². The SMILES string of the molecule is CCOC(=O)C(CC)c1cccc(Br)n1. The van der Waals surface area contributed by atoms with Crippen molar-refractivity contribution >= 4 is 21.9 Å². The minimum absolute atomic E-state index is 0.203. The highest BCUT2D eigenvalue weighted by Gasteiger charge is 2.21. The van der Waals surface area contributed by atoms with Crippen LogP contribution in [0, 0.1) is 0 Å². The number of hydrogen-bond donors (Lipinski definition) is 0. The van der Waals surface area contributed by atoms with E-state index in [1.54, 1.807) is 6.92 Å². The summed E-state index contributed by atoms with van der Waals surface area (Å²) in [6, 6.07) is 5.55. The number of aromatic nitrogens is 1. The lowest BCUT2D eigenvalue weighted by Crippen LogP contribution is -2.16. The number of carbonyl (C=O) groups excluding carboxylic acids is 1. The molecule has 0 bridgehead atoms. The molecule has 0 saturated carbocycles. The van der Waals surface area contributed by atoms with Gasteiger partial charge in [0, 0.05) is 0 Å². The zero-order chi connectivity index (χ0) is 11.3. The maximum Gasteiger partial charge on any atom is 0.315 e. The first-order valence-corrected chi connectivity index (χ1v) is 5.77. The van der Waals surface area contributed by atoms with Crippen molar-refractivity contribution in [3.8, 4) is 0 Å². The van der Waals surface area contributed by atoms with Crippen LogP contribution in [-0.2, 0) is 9.53 Å². The van der Waals surface area contributed by atoms with E-state index in [1.807, 2.05) is 25.1 Å². The Balaban J connectivity index is 2.87. The van der Waals surface area contributed by atoms with Gasteiger partial charge < -0.3 is 4.74 Å². The molecule has 3 nitrogen and oxygen atoms in total. The van der Waals surface area contributed by atoms with E-state index in [0.29, 0.717) is 13.0 Å². The monoisotopic (exact) mass is 271 g/mol. The normalized spacial score (nSPS) is 12.2. The van der Waals surface area contributed by atoms with E-state index in [9.17, 15) is 4.79 Å². The number of pyridine rings is 1. The average Bonchev–Trinajstić information content (AvgIpc) is 2.19. The van der Waals surface area contributed by atoms with Gasteiger partial charge in [-0.15, -0.1) is 0 Å². The largest absolute Gasteiger partial charge is 0.465 e. The fraction of sp³-hybridized carbons (Fsp3) is 0.455. The number of esters is 1. The van der Waals surface area contributed by atoms with Gasteiger partial charge >= 0.3 is 5.97 Å². The van der Waals surface area contributed by atoms with Crippen molar-refractivity contribution in [3.63, 3.8) is 0 Å². The van der Waals surface area contributed by atoms with Crippen LogP contribution in [0.4, 0.5) is 0 Å². The quantitative estimate of drug-likeness (QED) is 0.625. The molecule has 1 aromatic heterocycles. The van der Waals surface area contributed by atoms with E-state index in [4.69, 9.17) is 4.74 Å². The van der Waals surface area contributed by atoms with Crippen LogP contribution in [0.1, 0.15) is 31.9 Å². The van der Waals surface area contributed by atoms with Crippen LogP contribution in [0.3, 0.4) is 0 Å². The van der Waals surface area contributed by atoms with E-state index in [-0.39, 0.29) is 11.9 Å². The van der Waals surface area contributed by atoms with Crippen LogP contribution in [0.2, 0.25) is 0 Å². The third kappa shape index (κ3) is 3.30. The van der Waals surface area contributed by atoms with Gasteiger partial charge in [0.05, 0.1) is 18.2 Å². The Labute approximate surface area is 98.0 Å². The molecule has 1 rings (SSSR count). The molecular weight excluding hydrogens is 258 g/mol. The molecule has 0 amide bonds. The topological polar surface area (TPSA) is 39.2 Å². The Bertz CT molecular complexity index is 341. The smallest absolute Gasteiger partial charge is 0.315 e. The predicted molar refractivity (Wildman–Crippen MR) is 61.6 cm³/mol. The fourth-order valence-corrected chi connectivity index (χ4v) is 1.71. The van der Waals surface area contributed by atoms with Crippen LogP contribution in [-0.4, -0.2) is 17.6 Å². The third-order valence-electron chi connectivity index (χ3n) is 2.07. The summed E-state index contributed by atoms with van der Waals surface area (Å²) in [5, 5.41) is 0. The second-order valence-corrected chi connectivity index (χ2v) is 3.91. The van der Waals surface area contributed by atoms with Gasteiger partial charge in [0.15, 0.2) is 0 Å². The van der Waals surface area contributed by atoms with Crippen molar-refractivity contribution < 1.29 is 9.53 Å². The van der Waals surface area contributed by atoms with Crippen LogP contribution in [0.5, 0.6) is 0 Å². The number of rotatable bonds is 4. The van der Waals surface area contributed by atoms with Crippen LogP contribution < -0.4 is 0 Å². The Morgan fingerprint density at radius 3 is 2.80 bits per heavy atom. The predicted octanol–water partition coefficient (Wildman–Crippen LogP) is 2.90. The highest BCUT2D eigenvalue weighted by Crippen LogP contribution is 2.20. The van der Waals surface area contributed by atoms with E-state index in [2.05, 4.69) is 20.9 Å². The zero-order valence-corrected chi connectivity index (χ0v) is 10.5. The Hall–Kier alpha value is -0.900. The Morgan fingerprint density at radius 1 is 1.53 bits per heavy atom. The van der Waals surface area contributed by atoms with Crippen molar-refractivity contribution in [1.29, 1.82) is 0 Å². The summed E-state index contributed by atoms with van der Waals surface area (Å²) in [4.78, 5) is 15.9. The Kier molecular flexibility index (Phi) is 4.75. The van der Waals surface area contributed by atoms with Gasteiger partial charge in [-0.25, -0.2) is 4.98 Å².